The van der Waals surface area contributed by atoms with Crippen LogP contribution in [0.5, 0.6) is 0 Å². The van der Waals surface area contributed by atoms with E-state index in [1.807, 2.05) is 0 Å². The molecule has 0 aliphatic rings. The van der Waals surface area contributed by atoms with Crippen LogP contribution in [0.2, 0.25) is 0 Å². The molecule has 0 aromatic heterocycles. The monoisotopic (exact) mass is 346 g/mol. The summed E-state index contributed by atoms with van der Waals surface area (Å²) in [6.45, 7) is 3.16. The Morgan fingerprint density at radius 1 is 0.833 bits per heavy atom. The van der Waals surface area contributed by atoms with Gasteiger partial charge in [0.05, 0.1) is 18.8 Å². The van der Waals surface area contributed by atoms with Crippen molar-refractivity contribution in [3.05, 3.63) is 0 Å². The molecule has 2 unspecified atom stereocenters. The largest absolute Gasteiger partial charge is 0.394 e. The van der Waals surface area contributed by atoms with Crippen molar-refractivity contribution in [3.63, 3.8) is 0 Å². The zero-order valence-electron chi connectivity index (χ0n) is 15.8. The van der Waals surface area contributed by atoms with Crippen LogP contribution in [-0.2, 0) is 4.74 Å². The van der Waals surface area contributed by atoms with Gasteiger partial charge in [0, 0.05) is 6.54 Å². The summed E-state index contributed by atoms with van der Waals surface area (Å²) in [6, 6.07) is 0. The maximum absolute atomic E-state index is 10.2. The minimum Gasteiger partial charge on any atom is -0.394 e. The SMILES string of the molecule is CCCCCCCCCCCCC(CCN)(OCCN)C(O)CO. The summed E-state index contributed by atoms with van der Waals surface area (Å²) in [6.07, 6.45) is 13.1. The molecular weight excluding hydrogens is 304 g/mol. The lowest BCUT2D eigenvalue weighted by molar-refractivity contribution is -0.143. The van der Waals surface area contributed by atoms with Gasteiger partial charge in [-0.2, -0.15) is 0 Å². The highest BCUT2D eigenvalue weighted by molar-refractivity contribution is 4.89. The van der Waals surface area contributed by atoms with E-state index < -0.39 is 11.7 Å². The van der Waals surface area contributed by atoms with E-state index in [9.17, 15) is 10.2 Å². The van der Waals surface area contributed by atoms with Crippen molar-refractivity contribution in [3.8, 4) is 0 Å². The van der Waals surface area contributed by atoms with Gasteiger partial charge in [-0.05, 0) is 19.4 Å². The Hall–Kier alpha value is -0.200. The predicted octanol–water partition coefficient (Wildman–Crippen LogP) is 2.71. The zero-order valence-corrected chi connectivity index (χ0v) is 15.8. The summed E-state index contributed by atoms with van der Waals surface area (Å²) in [7, 11) is 0. The normalized spacial score (nSPS) is 15.4. The molecule has 0 saturated heterocycles. The molecule has 146 valence electrons. The van der Waals surface area contributed by atoms with E-state index in [0.29, 0.717) is 26.1 Å². The lowest BCUT2D eigenvalue weighted by Crippen LogP contribution is -2.49. The first-order chi connectivity index (χ1) is 11.7. The van der Waals surface area contributed by atoms with E-state index in [-0.39, 0.29) is 6.61 Å². The molecular formula is C19H42N2O3. The fourth-order valence-corrected chi connectivity index (χ4v) is 3.28. The van der Waals surface area contributed by atoms with Gasteiger partial charge in [-0.15, -0.1) is 0 Å². The molecule has 0 amide bonds. The third-order valence-corrected chi connectivity index (χ3v) is 4.81. The Kier molecular flexibility index (Phi) is 16.1. The average molecular weight is 347 g/mol. The Morgan fingerprint density at radius 2 is 1.38 bits per heavy atom. The van der Waals surface area contributed by atoms with Gasteiger partial charge in [-0.25, -0.2) is 0 Å². The first-order valence-electron chi connectivity index (χ1n) is 9.99. The van der Waals surface area contributed by atoms with Crippen molar-refractivity contribution in [2.75, 3.05) is 26.3 Å². The lowest BCUT2D eigenvalue weighted by Gasteiger charge is -2.37. The quantitative estimate of drug-likeness (QED) is 0.286. The van der Waals surface area contributed by atoms with Crippen LogP contribution in [0, 0.1) is 0 Å². The highest BCUT2D eigenvalue weighted by Gasteiger charge is 2.37. The molecule has 0 aromatic carbocycles. The third kappa shape index (κ3) is 10.6. The number of hydrogen-bond donors (Lipinski definition) is 4. The molecule has 0 heterocycles. The number of hydrogen-bond acceptors (Lipinski definition) is 5. The lowest BCUT2D eigenvalue weighted by atomic mass is 9.86. The van der Waals surface area contributed by atoms with E-state index >= 15 is 0 Å². The van der Waals surface area contributed by atoms with Gasteiger partial charge in [0.25, 0.3) is 0 Å². The smallest absolute Gasteiger partial charge is 0.106 e. The molecule has 5 heteroatoms. The number of rotatable bonds is 18. The predicted molar refractivity (Wildman–Crippen MR) is 101 cm³/mol. The van der Waals surface area contributed by atoms with E-state index in [2.05, 4.69) is 6.92 Å². The minimum atomic E-state index is -0.897. The minimum absolute atomic E-state index is 0.303. The van der Waals surface area contributed by atoms with E-state index in [0.717, 1.165) is 19.3 Å². The second-order valence-corrected chi connectivity index (χ2v) is 6.87. The summed E-state index contributed by atoms with van der Waals surface area (Å²) in [5.41, 5.74) is 10.5. The first kappa shape index (κ1) is 23.8. The van der Waals surface area contributed by atoms with Gasteiger partial charge in [0.2, 0.25) is 0 Å². The molecule has 0 saturated carbocycles. The van der Waals surface area contributed by atoms with Crippen LogP contribution in [0.3, 0.4) is 0 Å². The van der Waals surface area contributed by atoms with Crippen molar-refractivity contribution in [2.24, 2.45) is 11.5 Å². The van der Waals surface area contributed by atoms with Crippen LogP contribution >= 0.6 is 0 Å². The number of unbranched alkanes of at least 4 members (excludes halogenated alkanes) is 9. The summed E-state index contributed by atoms with van der Waals surface area (Å²) >= 11 is 0. The average Bonchev–Trinajstić information content (AvgIpc) is 2.60. The molecule has 5 nitrogen and oxygen atoms in total. The summed E-state index contributed by atoms with van der Waals surface area (Å²) in [5.74, 6) is 0. The second kappa shape index (κ2) is 16.3. The van der Waals surface area contributed by atoms with Crippen LogP contribution in [0.15, 0.2) is 0 Å². The summed E-state index contributed by atoms with van der Waals surface area (Å²) < 4.78 is 5.84. The van der Waals surface area contributed by atoms with Gasteiger partial charge in [-0.1, -0.05) is 71.1 Å². The number of ether oxygens (including phenoxy) is 1. The number of aliphatic hydroxyl groups is 2. The van der Waals surface area contributed by atoms with Gasteiger partial charge in [-0.3, -0.25) is 0 Å². The summed E-state index contributed by atoms with van der Waals surface area (Å²) in [5, 5.41) is 19.6. The topological polar surface area (TPSA) is 102 Å². The molecule has 0 aromatic rings. The molecule has 0 radical (unpaired) electrons. The van der Waals surface area contributed by atoms with Crippen LogP contribution in [0.1, 0.15) is 84.0 Å². The fourth-order valence-electron chi connectivity index (χ4n) is 3.28. The van der Waals surface area contributed by atoms with Gasteiger partial charge in [0.15, 0.2) is 0 Å². The van der Waals surface area contributed by atoms with Crippen molar-refractivity contribution < 1.29 is 14.9 Å². The molecule has 0 bridgehead atoms. The Morgan fingerprint density at radius 3 is 1.83 bits per heavy atom. The van der Waals surface area contributed by atoms with Crippen LogP contribution < -0.4 is 11.5 Å². The standard InChI is InChI=1S/C19H42N2O3/c1-2-3-4-5-6-7-8-9-10-11-12-19(13-14-20,18(23)17-22)24-16-15-21/h18,22-23H,2-17,20-21H2,1H3. The van der Waals surface area contributed by atoms with Gasteiger partial charge in [0.1, 0.15) is 6.10 Å². The van der Waals surface area contributed by atoms with Crippen molar-refractivity contribution >= 4 is 0 Å². The molecule has 24 heavy (non-hydrogen) atoms. The zero-order chi connectivity index (χ0) is 18.1. The van der Waals surface area contributed by atoms with Crippen molar-refractivity contribution in [1.29, 1.82) is 0 Å². The van der Waals surface area contributed by atoms with Gasteiger partial charge >= 0.3 is 0 Å². The molecule has 2 atom stereocenters. The van der Waals surface area contributed by atoms with E-state index in [1.165, 1.54) is 51.4 Å². The summed E-state index contributed by atoms with van der Waals surface area (Å²) in [4.78, 5) is 0. The molecule has 6 N–H and O–H groups in total. The Bertz CT molecular complexity index is 267. The molecule has 0 aliphatic heterocycles. The van der Waals surface area contributed by atoms with E-state index in [1.54, 1.807) is 0 Å². The first-order valence-corrected chi connectivity index (χ1v) is 9.99. The fraction of sp³-hybridized carbons (Fsp3) is 1.00. The maximum atomic E-state index is 10.2. The Balaban J connectivity index is 4.00. The van der Waals surface area contributed by atoms with Crippen LogP contribution in [-0.4, -0.2) is 48.2 Å². The highest BCUT2D eigenvalue weighted by atomic mass is 16.5. The Labute approximate surface area is 149 Å². The van der Waals surface area contributed by atoms with Crippen LogP contribution in [0.25, 0.3) is 0 Å². The number of aliphatic hydroxyl groups excluding tert-OH is 2. The molecule has 0 rings (SSSR count). The van der Waals surface area contributed by atoms with Crippen LogP contribution in [0.4, 0.5) is 0 Å². The van der Waals surface area contributed by atoms with Crippen molar-refractivity contribution in [2.45, 2.75) is 95.7 Å². The molecule has 0 fully saturated rings. The third-order valence-electron chi connectivity index (χ3n) is 4.81. The second-order valence-electron chi connectivity index (χ2n) is 6.87. The number of nitrogens with two attached hydrogens (primary N) is 2. The maximum Gasteiger partial charge on any atom is 0.106 e. The van der Waals surface area contributed by atoms with Gasteiger partial charge < -0.3 is 26.4 Å². The van der Waals surface area contributed by atoms with E-state index in [4.69, 9.17) is 16.2 Å². The van der Waals surface area contributed by atoms with Crippen molar-refractivity contribution in [1.82, 2.24) is 0 Å². The highest BCUT2D eigenvalue weighted by Crippen LogP contribution is 2.28. The molecule has 0 spiro atoms. The molecule has 0 aliphatic carbocycles.